The zero-order valence-corrected chi connectivity index (χ0v) is 12.2. The van der Waals surface area contributed by atoms with E-state index in [9.17, 15) is 0 Å². The molecule has 108 valence electrons. The first kappa shape index (κ1) is 14.5. The van der Waals surface area contributed by atoms with Gasteiger partial charge >= 0.3 is 0 Å². The smallest absolute Gasteiger partial charge is 0.147 e. The second-order valence-corrected chi connectivity index (χ2v) is 4.64. The zero-order valence-electron chi connectivity index (χ0n) is 12.2. The highest BCUT2D eigenvalue weighted by atomic mass is 16.3. The maximum Gasteiger partial charge on any atom is 0.147 e. The molecule has 0 unspecified atom stereocenters. The Kier molecular flexibility index (Phi) is 5.55. The first-order valence-corrected chi connectivity index (χ1v) is 7.12. The molecule has 5 nitrogen and oxygen atoms in total. The molecule has 0 saturated heterocycles. The number of hydrogen-bond donors (Lipinski definition) is 1. The minimum absolute atomic E-state index is 0.712. The number of anilines is 1. The maximum atomic E-state index is 5.39. The lowest BCUT2D eigenvalue weighted by molar-refractivity contribution is 0.502. The molecule has 0 aliphatic carbocycles. The fourth-order valence-corrected chi connectivity index (χ4v) is 1.97. The van der Waals surface area contributed by atoms with Crippen molar-refractivity contribution >= 4 is 5.82 Å². The van der Waals surface area contributed by atoms with Crippen LogP contribution in [0.2, 0.25) is 0 Å². The average molecular weight is 274 g/mol. The van der Waals surface area contributed by atoms with Crippen molar-refractivity contribution in [2.24, 2.45) is 0 Å². The van der Waals surface area contributed by atoms with Crippen LogP contribution in [-0.2, 0) is 13.1 Å². The van der Waals surface area contributed by atoms with Gasteiger partial charge in [0.05, 0.1) is 24.7 Å². The highest BCUT2D eigenvalue weighted by Gasteiger charge is 2.09. The van der Waals surface area contributed by atoms with Crippen molar-refractivity contribution in [1.29, 1.82) is 0 Å². The second kappa shape index (κ2) is 7.65. The van der Waals surface area contributed by atoms with Gasteiger partial charge in [0.15, 0.2) is 0 Å². The van der Waals surface area contributed by atoms with Gasteiger partial charge in [0.1, 0.15) is 11.6 Å². The van der Waals surface area contributed by atoms with Crippen LogP contribution in [0.3, 0.4) is 0 Å². The number of aromatic nitrogens is 2. The Morgan fingerprint density at radius 1 is 1.30 bits per heavy atom. The Hall–Kier alpha value is -1.88. The summed E-state index contributed by atoms with van der Waals surface area (Å²) in [6.07, 6.45) is 6.43. The quantitative estimate of drug-likeness (QED) is 0.750. The van der Waals surface area contributed by atoms with Gasteiger partial charge in [-0.1, -0.05) is 6.92 Å². The van der Waals surface area contributed by atoms with Gasteiger partial charge in [-0.05, 0) is 32.0 Å². The summed E-state index contributed by atoms with van der Waals surface area (Å²) in [6, 6.07) is 3.88. The molecule has 0 aromatic carbocycles. The number of hydrogen-bond acceptors (Lipinski definition) is 5. The van der Waals surface area contributed by atoms with Gasteiger partial charge in [0, 0.05) is 19.3 Å². The molecule has 2 aromatic rings. The molecule has 0 bridgehead atoms. The molecule has 0 atom stereocenters. The third-order valence-electron chi connectivity index (χ3n) is 3.04. The summed E-state index contributed by atoms with van der Waals surface area (Å²) in [5.41, 5.74) is 0.967. The van der Waals surface area contributed by atoms with Gasteiger partial charge in [-0.2, -0.15) is 0 Å². The molecule has 2 heterocycles. The Morgan fingerprint density at radius 3 is 2.90 bits per heavy atom. The molecule has 20 heavy (non-hydrogen) atoms. The lowest BCUT2D eigenvalue weighted by atomic mass is 10.3. The largest absolute Gasteiger partial charge is 0.467 e. The van der Waals surface area contributed by atoms with Crippen LogP contribution in [0.4, 0.5) is 5.82 Å². The summed E-state index contributed by atoms with van der Waals surface area (Å²) in [5.74, 6) is 1.82. The van der Waals surface area contributed by atoms with Crippen molar-refractivity contribution in [2.45, 2.75) is 33.4 Å². The van der Waals surface area contributed by atoms with Crippen LogP contribution in [0.5, 0.6) is 0 Å². The molecule has 0 aliphatic heterocycles. The standard InChI is InChI=1S/C15H22N4O/c1-3-7-16-9-13-10-17-11-15(18-13)19(4-2)12-14-6-5-8-20-14/h5-6,8,10-11,16H,3-4,7,9,12H2,1-2H3. The molecular formula is C15H22N4O. The number of rotatable bonds is 8. The van der Waals surface area contributed by atoms with Crippen molar-refractivity contribution in [3.63, 3.8) is 0 Å². The molecule has 5 heteroatoms. The fourth-order valence-electron chi connectivity index (χ4n) is 1.97. The van der Waals surface area contributed by atoms with E-state index in [4.69, 9.17) is 4.42 Å². The molecule has 0 radical (unpaired) electrons. The Bertz CT molecular complexity index is 498. The number of nitrogens with one attached hydrogen (secondary N) is 1. The highest BCUT2D eigenvalue weighted by Crippen LogP contribution is 2.14. The van der Waals surface area contributed by atoms with E-state index in [1.165, 1.54) is 0 Å². The van der Waals surface area contributed by atoms with Crippen LogP contribution in [0, 0.1) is 0 Å². The lowest BCUT2D eigenvalue weighted by Crippen LogP contribution is -2.24. The Balaban J connectivity index is 2.03. The van der Waals surface area contributed by atoms with E-state index in [2.05, 4.69) is 34.0 Å². The van der Waals surface area contributed by atoms with Gasteiger partial charge in [0.2, 0.25) is 0 Å². The van der Waals surface area contributed by atoms with E-state index in [1.807, 2.05) is 18.3 Å². The molecule has 2 rings (SSSR count). The molecule has 1 N–H and O–H groups in total. The summed E-state index contributed by atoms with van der Waals surface area (Å²) < 4.78 is 5.39. The predicted molar refractivity (Wildman–Crippen MR) is 79.5 cm³/mol. The van der Waals surface area contributed by atoms with Crippen LogP contribution in [-0.4, -0.2) is 23.1 Å². The van der Waals surface area contributed by atoms with Crippen molar-refractivity contribution in [3.05, 3.63) is 42.2 Å². The second-order valence-electron chi connectivity index (χ2n) is 4.64. The minimum Gasteiger partial charge on any atom is -0.467 e. The van der Waals surface area contributed by atoms with Crippen molar-refractivity contribution in [1.82, 2.24) is 15.3 Å². The molecule has 0 spiro atoms. The fraction of sp³-hybridized carbons (Fsp3) is 0.467. The maximum absolute atomic E-state index is 5.39. The van der Waals surface area contributed by atoms with E-state index < -0.39 is 0 Å². The molecule has 2 aromatic heterocycles. The third kappa shape index (κ3) is 4.06. The first-order valence-electron chi connectivity index (χ1n) is 7.12. The van der Waals surface area contributed by atoms with Crippen molar-refractivity contribution < 1.29 is 4.42 Å². The molecule has 0 fully saturated rings. The van der Waals surface area contributed by atoms with Crippen molar-refractivity contribution in [2.75, 3.05) is 18.0 Å². The zero-order chi connectivity index (χ0) is 14.2. The average Bonchev–Trinajstić information content (AvgIpc) is 2.98. The first-order chi connectivity index (χ1) is 9.83. The van der Waals surface area contributed by atoms with Gasteiger partial charge in [-0.25, -0.2) is 4.98 Å². The molecule has 0 saturated carbocycles. The third-order valence-corrected chi connectivity index (χ3v) is 3.04. The van der Waals surface area contributed by atoms with E-state index in [0.29, 0.717) is 6.54 Å². The summed E-state index contributed by atoms with van der Waals surface area (Å²) >= 11 is 0. The molecular weight excluding hydrogens is 252 g/mol. The van der Waals surface area contributed by atoms with E-state index in [-0.39, 0.29) is 0 Å². The Labute approximate surface area is 120 Å². The summed E-state index contributed by atoms with van der Waals surface area (Å²) in [7, 11) is 0. The SMILES string of the molecule is CCCNCc1cncc(N(CC)Cc2ccco2)n1. The minimum atomic E-state index is 0.712. The molecule has 0 amide bonds. The van der Waals surface area contributed by atoms with Gasteiger partial charge in [-0.15, -0.1) is 0 Å². The van der Waals surface area contributed by atoms with E-state index >= 15 is 0 Å². The highest BCUT2D eigenvalue weighted by molar-refractivity contribution is 5.36. The normalized spacial score (nSPS) is 10.7. The summed E-state index contributed by atoms with van der Waals surface area (Å²) in [5, 5.41) is 3.34. The van der Waals surface area contributed by atoms with Crippen LogP contribution in [0.25, 0.3) is 0 Å². The van der Waals surface area contributed by atoms with Crippen molar-refractivity contribution in [3.8, 4) is 0 Å². The van der Waals surface area contributed by atoms with Gasteiger partial charge in [-0.3, -0.25) is 4.98 Å². The lowest BCUT2D eigenvalue weighted by Gasteiger charge is -2.20. The monoisotopic (exact) mass is 274 g/mol. The molecule has 0 aliphatic rings. The predicted octanol–water partition coefficient (Wildman–Crippen LogP) is 2.60. The van der Waals surface area contributed by atoms with Gasteiger partial charge < -0.3 is 14.6 Å². The number of nitrogens with zero attached hydrogens (tertiary/aromatic N) is 3. The summed E-state index contributed by atoms with van der Waals surface area (Å²) in [6.45, 7) is 7.58. The topological polar surface area (TPSA) is 54.2 Å². The van der Waals surface area contributed by atoms with Crippen LogP contribution < -0.4 is 10.2 Å². The van der Waals surface area contributed by atoms with E-state index in [1.54, 1.807) is 12.5 Å². The Morgan fingerprint density at radius 2 is 2.20 bits per heavy atom. The van der Waals surface area contributed by atoms with E-state index in [0.717, 1.165) is 43.3 Å². The van der Waals surface area contributed by atoms with Crippen LogP contribution >= 0.6 is 0 Å². The van der Waals surface area contributed by atoms with Gasteiger partial charge in [0.25, 0.3) is 0 Å². The van der Waals surface area contributed by atoms with Crippen LogP contribution in [0.1, 0.15) is 31.7 Å². The summed E-state index contributed by atoms with van der Waals surface area (Å²) in [4.78, 5) is 11.1. The van der Waals surface area contributed by atoms with Crippen LogP contribution in [0.15, 0.2) is 35.2 Å². The number of furan rings is 1.